The van der Waals surface area contributed by atoms with Gasteiger partial charge in [-0.1, -0.05) is 0 Å². The molecule has 1 N–H and O–H groups in total. The number of amides is 1. The molecular formula is C11H14ClNO3. The van der Waals surface area contributed by atoms with E-state index in [0.29, 0.717) is 5.69 Å². The molecule has 0 bridgehead atoms. The maximum atomic E-state index is 11.3. The van der Waals surface area contributed by atoms with Gasteiger partial charge in [-0.05, 0) is 31.2 Å². The van der Waals surface area contributed by atoms with Crippen molar-refractivity contribution in [2.45, 2.75) is 13.0 Å². The van der Waals surface area contributed by atoms with Crippen LogP contribution in [0.25, 0.3) is 0 Å². The molecule has 0 fully saturated rings. The first kappa shape index (κ1) is 12.6. The highest BCUT2D eigenvalue weighted by Crippen LogP contribution is 2.15. The van der Waals surface area contributed by atoms with E-state index in [4.69, 9.17) is 21.1 Å². The van der Waals surface area contributed by atoms with Crippen molar-refractivity contribution in [1.82, 2.24) is 0 Å². The van der Waals surface area contributed by atoms with Gasteiger partial charge in [-0.25, -0.2) is 4.79 Å². The van der Waals surface area contributed by atoms with Gasteiger partial charge in [0.15, 0.2) is 0 Å². The van der Waals surface area contributed by atoms with Gasteiger partial charge in [0.2, 0.25) is 0 Å². The highest BCUT2D eigenvalue weighted by Gasteiger charge is 2.08. The number of carbonyl (C=O) groups is 1. The van der Waals surface area contributed by atoms with Crippen LogP contribution in [0.1, 0.15) is 6.92 Å². The molecule has 5 heteroatoms. The molecule has 1 amide bonds. The number of alkyl halides is 1. The van der Waals surface area contributed by atoms with Gasteiger partial charge < -0.3 is 9.47 Å². The van der Waals surface area contributed by atoms with E-state index >= 15 is 0 Å². The standard InChI is InChI=1S/C11H14ClNO3/c1-8(7-12)16-11(14)13-9-3-5-10(15-2)6-4-9/h3-6,8H,7H2,1-2H3,(H,13,14). The van der Waals surface area contributed by atoms with Crippen molar-refractivity contribution in [2.75, 3.05) is 18.3 Å². The van der Waals surface area contributed by atoms with Gasteiger partial charge in [0.05, 0.1) is 13.0 Å². The molecule has 1 unspecified atom stereocenters. The monoisotopic (exact) mass is 243 g/mol. The van der Waals surface area contributed by atoms with Crippen molar-refractivity contribution in [3.05, 3.63) is 24.3 Å². The predicted octanol–water partition coefficient (Wildman–Crippen LogP) is 2.87. The van der Waals surface area contributed by atoms with Crippen LogP contribution in [-0.4, -0.2) is 25.2 Å². The minimum atomic E-state index is -0.515. The minimum Gasteiger partial charge on any atom is -0.497 e. The molecule has 1 aromatic carbocycles. The summed E-state index contributed by atoms with van der Waals surface area (Å²) in [6, 6.07) is 6.96. The number of hydrogen-bond donors (Lipinski definition) is 1. The first-order chi connectivity index (χ1) is 7.65. The Balaban J connectivity index is 2.49. The van der Waals surface area contributed by atoms with Crippen LogP contribution in [-0.2, 0) is 4.74 Å². The Bertz CT molecular complexity index is 340. The SMILES string of the molecule is COc1ccc(NC(=O)OC(C)CCl)cc1. The number of benzene rings is 1. The van der Waals surface area contributed by atoms with Crippen LogP contribution in [0.4, 0.5) is 10.5 Å². The number of halogens is 1. The van der Waals surface area contributed by atoms with Gasteiger partial charge in [0, 0.05) is 5.69 Å². The Hall–Kier alpha value is -1.42. The molecule has 0 aliphatic heterocycles. The first-order valence-corrected chi connectivity index (χ1v) is 5.37. The van der Waals surface area contributed by atoms with Gasteiger partial charge in [-0.15, -0.1) is 11.6 Å². The normalized spacial score (nSPS) is 11.7. The summed E-state index contributed by atoms with van der Waals surface area (Å²) in [5, 5.41) is 2.58. The van der Waals surface area contributed by atoms with E-state index in [2.05, 4.69) is 5.32 Å². The molecule has 0 spiro atoms. The quantitative estimate of drug-likeness (QED) is 0.828. The van der Waals surface area contributed by atoms with Crippen molar-refractivity contribution >= 4 is 23.4 Å². The van der Waals surface area contributed by atoms with E-state index in [9.17, 15) is 4.79 Å². The number of anilines is 1. The molecule has 88 valence electrons. The van der Waals surface area contributed by atoms with Crippen molar-refractivity contribution in [3.63, 3.8) is 0 Å². The Kier molecular flexibility index (Phi) is 4.92. The Morgan fingerprint density at radius 2 is 2.06 bits per heavy atom. The lowest BCUT2D eigenvalue weighted by molar-refractivity contribution is 0.131. The molecule has 0 saturated carbocycles. The summed E-state index contributed by atoms with van der Waals surface area (Å²) in [6.45, 7) is 1.72. The van der Waals surface area contributed by atoms with Crippen LogP contribution in [0.2, 0.25) is 0 Å². The van der Waals surface area contributed by atoms with E-state index in [1.54, 1.807) is 38.3 Å². The predicted molar refractivity (Wildman–Crippen MR) is 63.3 cm³/mol. The number of rotatable bonds is 4. The van der Waals surface area contributed by atoms with Gasteiger partial charge in [0.1, 0.15) is 11.9 Å². The fourth-order valence-electron chi connectivity index (χ4n) is 1.04. The van der Waals surface area contributed by atoms with Crippen molar-refractivity contribution in [1.29, 1.82) is 0 Å². The van der Waals surface area contributed by atoms with E-state index in [0.717, 1.165) is 5.75 Å². The topological polar surface area (TPSA) is 47.6 Å². The van der Waals surface area contributed by atoms with E-state index in [-0.39, 0.29) is 12.0 Å². The number of nitrogens with one attached hydrogen (secondary N) is 1. The molecule has 4 nitrogen and oxygen atoms in total. The highest BCUT2D eigenvalue weighted by molar-refractivity contribution is 6.18. The van der Waals surface area contributed by atoms with Gasteiger partial charge in [-0.3, -0.25) is 5.32 Å². The highest BCUT2D eigenvalue weighted by atomic mass is 35.5. The second-order valence-corrected chi connectivity index (χ2v) is 3.53. The van der Waals surface area contributed by atoms with Crippen LogP contribution in [0.5, 0.6) is 5.75 Å². The molecule has 1 aromatic rings. The number of hydrogen-bond acceptors (Lipinski definition) is 3. The van der Waals surface area contributed by atoms with Crippen molar-refractivity contribution in [3.8, 4) is 5.75 Å². The minimum absolute atomic E-state index is 0.274. The zero-order valence-corrected chi connectivity index (χ0v) is 9.95. The van der Waals surface area contributed by atoms with Gasteiger partial charge in [0.25, 0.3) is 0 Å². The smallest absolute Gasteiger partial charge is 0.411 e. The molecular weight excluding hydrogens is 230 g/mol. The van der Waals surface area contributed by atoms with Gasteiger partial charge in [-0.2, -0.15) is 0 Å². The lowest BCUT2D eigenvalue weighted by Crippen LogP contribution is -2.21. The third-order valence-electron chi connectivity index (χ3n) is 1.86. The van der Waals surface area contributed by atoms with Crippen LogP contribution in [0, 0.1) is 0 Å². The second-order valence-electron chi connectivity index (χ2n) is 3.22. The van der Waals surface area contributed by atoms with E-state index < -0.39 is 6.09 Å². The summed E-state index contributed by atoms with van der Waals surface area (Å²) in [5.74, 6) is 1.00. The van der Waals surface area contributed by atoms with E-state index in [1.807, 2.05) is 0 Å². The Morgan fingerprint density at radius 1 is 1.44 bits per heavy atom. The summed E-state index contributed by atoms with van der Waals surface area (Å²) in [5.41, 5.74) is 0.646. The third kappa shape index (κ3) is 3.98. The number of carbonyl (C=O) groups excluding carboxylic acids is 1. The third-order valence-corrected chi connectivity index (χ3v) is 2.30. The van der Waals surface area contributed by atoms with Crippen molar-refractivity contribution in [2.24, 2.45) is 0 Å². The Labute approximate surface area is 99.5 Å². The van der Waals surface area contributed by atoms with Crippen LogP contribution >= 0.6 is 11.6 Å². The maximum absolute atomic E-state index is 11.3. The zero-order chi connectivity index (χ0) is 12.0. The summed E-state index contributed by atoms with van der Waals surface area (Å²) < 4.78 is 9.94. The Morgan fingerprint density at radius 3 is 2.56 bits per heavy atom. The van der Waals surface area contributed by atoms with Crippen molar-refractivity contribution < 1.29 is 14.3 Å². The summed E-state index contributed by atoms with van der Waals surface area (Å²) in [4.78, 5) is 11.3. The molecule has 1 rings (SSSR count). The largest absolute Gasteiger partial charge is 0.497 e. The number of methoxy groups -OCH3 is 1. The molecule has 0 aliphatic carbocycles. The fraction of sp³-hybridized carbons (Fsp3) is 0.364. The van der Waals surface area contributed by atoms with Crippen LogP contribution in [0.3, 0.4) is 0 Å². The summed E-state index contributed by atoms with van der Waals surface area (Å²) in [6.07, 6.45) is -0.821. The second kappa shape index (κ2) is 6.23. The average molecular weight is 244 g/mol. The molecule has 0 aromatic heterocycles. The molecule has 0 saturated heterocycles. The maximum Gasteiger partial charge on any atom is 0.411 e. The zero-order valence-electron chi connectivity index (χ0n) is 9.20. The molecule has 0 radical (unpaired) electrons. The molecule has 1 atom stereocenters. The average Bonchev–Trinajstić information content (AvgIpc) is 2.29. The van der Waals surface area contributed by atoms with Crippen LogP contribution in [0.15, 0.2) is 24.3 Å². The summed E-state index contributed by atoms with van der Waals surface area (Å²) >= 11 is 5.52. The lowest BCUT2D eigenvalue weighted by Gasteiger charge is -2.11. The fourth-order valence-corrected chi connectivity index (χ4v) is 1.10. The molecule has 0 heterocycles. The van der Waals surface area contributed by atoms with Crippen LogP contribution < -0.4 is 10.1 Å². The van der Waals surface area contributed by atoms with E-state index in [1.165, 1.54) is 0 Å². The first-order valence-electron chi connectivity index (χ1n) is 4.83. The molecule has 0 aliphatic rings. The lowest BCUT2D eigenvalue weighted by atomic mass is 10.3. The number of ether oxygens (including phenoxy) is 2. The molecule has 16 heavy (non-hydrogen) atoms. The van der Waals surface area contributed by atoms with Gasteiger partial charge >= 0.3 is 6.09 Å². The summed E-state index contributed by atoms with van der Waals surface area (Å²) in [7, 11) is 1.58.